The molecule has 0 spiro atoms. The molecule has 3 unspecified atom stereocenters. The van der Waals surface area contributed by atoms with Crippen LogP contribution in [0.15, 0.2) is 0 Å². The lowest BCUT2D eigenvalue weighted by Gasteiger charge is -2.64. The van der Waals surface area contributed by atoms with Crippen molar-refractivity contribution in [2.75, 3.05) is 0 Å². The molecule has 4 rings (SSSR count). The summed E-state index contributed by atoms with van der Waals surface area (Å²) >= 11 is 0. The van der Waals surface area contributed by atoms with Crippen LogP contribution in [0.1, 0.15) is 47.5 Å². The Kier molecular flexibility index (Phi) is 2.49. The molecular weight excluding hydrogens is 211 g/mol. The molecule has 4 atom stereocenters. The monoisotopic (exact) mass is 236 g/mol. The summed E-state index contributed by atoms with van der Waals surface area (Å²) < 4.78 is 12.5. The summed E-state index contributed by atoms with van der Waals surface area (Å²) in [6.45, 7) is 11.6. The lowest BCUT2D eigenvalue weighted by molar-refractivity contribution is -0.199. The number of rotatable bonds is 2. The predicted octanol–water partition coefficient (Wildman–Crippen LogP) is 3.37. The van der Waals surface area contributed by atoms with E-state index in [2.05, 4.69) is 34.6 Å². The molecule has 17 heavy (non-hydrogen) atoms. The van der Waals surface area contributed by atoms with Crippen LogP contribution in [0, 0.1) is 23.2 Å². The average Bonchev–Trinajstić information content (AvgIpc) is 2.51. The van der Waals surface area contributed by atoms with Gasteiger partial charge in [-0.3, -0.25) is 0 Å². The van der Waals surface area contributed by atoms with Gasteiger partial charge in [0.05, 0.1) is 11.7 Å². The molecule has 0 amide bonds. The third-order valence-electron chi connectivity index (χ3n) is 5.67. The van der Waals surface area contributed by atoms with Crippen LogP contribution < -0.4 is 0 Å². The zero-order chi connectivity index (χ0) is 12.4. The molecule has 0 radical (unpaired) electrons. The molecule has 1 heterocycles. The normalized spacial score (nSPS) is 46.9. The van der Waals surface area contributed by atoms with Crippen molar-refractivity contribution in [1.29, 1.82) is 0 Å². The van der Waals surface area contributed by atoms with Crippen molar-refractivity contribution < 1.29 is 9.31 Å². The van der Waals surface area contributed by atoms with Crippen molar-refractivity contribution in [3.05, 3.63) is 0 Å². The van der Waals surface area contributed by atoms with Gasteiger partial charge in [-0.15, -0.1) is 0 Å². The minimum absolute atomic E-state index is 0.0161. The van der Waals surface area contributed by atoms with Crippen LogP contribution in [-0.2, 0) is 9.31 Å². The van der Waals surface area contributed by atoms with E-state index in [0.29, 0.717) is 23.4 Å². The first-order valence-corrected chi connectivity index (χ1v) is 7.17. The van der Waals surface area contributed by atoms with E-state index in [0.717, 1.165) is 12.2 Å². The van der Waals surface area contributed by atoms with Gasteiger partial charge in [0.25, 0.3) is 0 Å². The average molecular weight is 236 g/mol. The predicted molar refractivity (Wildman–Crippen MR) is 69.8 cm³/mol. The van der Waals surface area contributed by atoms with Gasteiger partial charge in [-0.2, -0.15) is 0 Å². The van der Waals surface area contributed by atoms with Gasteiger partial charge in [-0.05, 0) is 49.3 Å². The molecule has 96 valence electrons. The minimum atomic E-state index is -0.0161. The molecule has 2 nitrogen and oxygen atoms in total. The van der Waals surface area contributed by atoms with Crippen LogP contribution in [0.25, 0.3) is 0 Å². The maximum atomic E-state index is 6.33. The van der Waals surface area contributed by atoms with Crippen molar-refractivity contribution in [1.82, 2.24) is 0 Å². The van der Waals surface area contributed by atoms with E-state index in [1.54, 1.807) is 0 Å². The topological polar surface area (TPSA) is 18.5 Å². The SMILES string of the molecule is CC(C)CB1OC2CC3CC(C3(C)C)[C@@]2(C)O1. The van der Waals surface area contributed by atoms with Crippen LogP contribution in [0.4, 0.5) is 0 Å². The fourth-order valence-corrected chi connectivity index (χ4v) is 4.44. The third kappa shape index (κ3) is 1.54. The number of hydrogen-bond acceptors (Lipinski definition) is 2. The highest BCUT2D eigenvalue weighted by Gasteiger charge is 2.67. The second-order valence-electron chi connectivity index (χ2n) is 7.53. The van der Waals surface area contributed by atoms with Crippen LogP contribution in [0.3, 0.4) is 0 Å². The van der Waals surface area contributed by atoms with E-state index in [1.807, 2.05) is 0 Å². The van der Waals surface area contributed by atoms with Gasteiger partial charge in [0.1, 0.15) is 0 Å². The largest absolute Gasteiger partial charge is 0.457 e. The molecule has 3 saturated carbocycles. The Hall–Kier alpha value is -0.0151. The molecule has 3 aliphatic carbocycles. The zero-order valence-corrected chi connectivity index (χ0v) is 11.8. The Bertz CT molecular complexity index is 328. The summed E-state index contributed by atoms with van der Waals surface area (Å²) in [6.07, 6.45) is 3.93. The maximum absolute atomic E-state index is 6.33. The minimum Gasteiger partial charge on any atom is -0.405 e. The molecule has 0 aromatic heterocycles. The van der Waals surface area contributed by atoms with E-state index in [-0.39, 0.29) is 12.7 Å². The highest BCUT2D eigenvalue weighted by molar-refractivity contribution is 6.45. The van der Waals surface area contributed by atoms with Crippen molar-refractivity contribution in [2.45, 2.75) is 65.5 Å². The summed E-state index contributed by atoms with van der Waals surface area (Å²) in [7, 11) is 0.0418. The summed E-state index contributed by atoms with van der Waals surface area (Å²) in [4.78, 5) is 0. The Morgan fingerprint density at radius 3 is 2.53 bits per heavy atom. The molecular formula is C14H25BO2. The van der Waals surface area contributed by atoms with E-state index in [9.17, 15) is 0 Å². The van der Waals surface area contributed by atoms with Crippen LogP contribution in [-0.4, -0.2) is 18.8 Å². The molecule has 0 aromatic rings. The van der Waals surface area contributed by atoms with Gasteiger partial charge in [0.2, 0.25) is 0 Å². The Morgan fingerprint density at radius 2 is 1.94 bits per heavy atom. The first kappa shape index (κ1) is 12.0. The van der Waals surface area contributed by atoms with Gasteiger partial charge in [0.15, 0.2) is 0 Å². The summed E-state index contributed by atoms with van der Waals surface area (Å²) in [5.74, 6) is 2.19. The Balaban J connectivity index is 1.78. The smallest absolute Gasteiger partial charge is 0.405 e. The van der Waals surface area contributed by atoms with Crippen molar-refractivity contribution in [3.8, 4) is 0 Å². The molecule has 3 heteroatoms. The molecule has 1 saturated heterocycles. The maximum Gasteiger partial charge on any atom is 0.457 e. The van der Waals surface area contributed by atoms with Gasteiger partial charge < -0.3 is 9.31 Å². The zero-order valence-electron chi connectivity index (χ0n) is 11.8. The van der Waals surface area contributed by atoms with Crippen LogP contribution >= 0.6 is 0 Å². The van der Waals surface area contributed by atoms with Gasteiger partial charge in [-0.25, -0.2) is 0 Å². The third-order valence-corrected chi connectivity index (χ3v) is 5.67. The highest BCUT2D eigenvalue weighted by Crippen LogP contribution is 2.65. The lowest BCUT2D eigenvalue weighted by Crippen LogP contribution is -2.65. The van der Waals surface area contributed by atoms with Crippen molar-refractivity contribution in [2.24, 2.45) is 23.2 Å². The van der Waals surface area contributed by atoms with Crippen molar-refractivity contribution in [3.63, 3.8) is 0 Å². The lowest BCUT2D eigenvalue weighted by atomic mass is 9.43. The Morgan fingerprint density at radius 1 is 1.24 bits per heavy atom. The van der Waals surface area contributed by atoms with Gasteiger partial charge >= 0.3 is 7.12 Å². The van der Waals surface area contributed by atoms with E-state index in [4.69, 9.17) is 9.31 Å². The quantitative estimate of drug-likeness (QED) is 0.684. The molecule has 4 aliphatic rings. The summed E-state index contributed by atoms with van der Waals surface area (Å²) in [5.41, 5.74) is 0.444. The standard InChI is InChI=1S/C14H25BO2/c1-9(2)8-15-16-12-7-10-6-11(13(10,3)4)14(12,5)17-15/h9-12H,6-8H2,1-5H3/t10?,11?,12?,14-/m1/s1. The van der Waals surface area contributed by atoms with Crippen LogP contribution in [0.2, 0.25) is 6.32 Å². The molecule has 0 aromatic carbocycles. The Labute approximate surface area is 106 Å². The fourth-order valence-electron chi connectivity index (χ4n) is 4.44. The molecule has 1 aliphatic heterocycles. The highest BCUT2D eigenvalue weighted by atomic mass is 16.7. The number of hydrogen-bond donors (Lipinski definition) is 0. The first-order valence-electron chi connectivity index (χ1n) is 7.17. The van der Waals surface area contributed by atoms with E-state index in [1.165, 1.54) is 12.8 Å². The van der Waals surface area contributed by atoms with Gasteiger partial charge in [0, 0.05) is 0 Å². The second-order valence-corrected chi connectivity index (χ2v) is 7.53. The second kappa shape index (κ2) is 3.51. The summed E-state index contributed by atoms with van der Waals surface area (Å²) in [5, 5.41) is 0. The fraction of sp³-hybridized carbons (Fsp3) is 1.00. The van der Waals surface area contributed by atoms with Crippen molar-refractivity contribution >= 4 is 7.12 Å². The van der Waals surface area contributed by atoms with E-state index < -0.39 is 0 Å². The van der Waals surface area contributed by atoms with Gasteiger partial charge in [-0.1, -0.05) is 27.7 Å². The first-order chi connectivity index (χ1) is 7.84. The van der Waals surface area contributed by atoms with E-state index >= 15 is 0 Å². The molecule has 2 bridgehead atoms. The molecule has 4 fully saturated rings. The molecule has 0 N–H and O–H groups in total. The van der Waals surface area contributed by atoms with Crippen LogP contribution in [0.5, 0.6) is 0 Å². The summed E-state index contributed by atoms with van der Waals surface area (Å²) in [6, 6.07) is 0.